The summed E-state index contributed by atoms with van der Waals surface area (Å²) in [4.78, 5) is 13.4. The van der Waals surface area contributed by atoms with E-state index < -0.39 is 0 Å². The lowest BCUT2D eigenvalue weighted by atomic mass is 10.2. The summed E-state index contributed by atoms with van der Waals surface area (Å²) in [5.41, 5.74) is 6.52. The van der Waals surface area contributed by atoms with Gasteiger partial charge < -0.3 is 10.6 Å². The first-order valence-electron chi connectivity index (χ1n) is 4.67. The Morgan fingerprint density at radius 3 is 2.79 bits per heavy atom. The fourth-order valence-electron chi connectivity index (χ4n) is 1.88. The summed E-state index contributed by atoms with van der Waals surface area (Å²) < 4.78 is 1.68. The van der Waals surface area contributed by atoms with Crippen LogP contribution in [0.1, 0.15) is 13.3 Å². The zero-order valence-corrected chi connectivity index (χ0v) is 8.34. The molecule has 1 aromatic heterocycles. The maximum absolute atomic E-state index is 11.7. The highest BCUT2D eigenvalue weighted by molar-refractivity contribution is 5.99. The van der Waals surface area contributed by atoms with Gasteiger partial charge in [-0.2, -0.15) is 5.10 Å². The highest BCUT2D eigenvalue weighted by Gasteiger charge is 2.35. The van der Waals surface area contributed by atoms with Crippen molar-refractivity contribution in [3.05, 3.63) is 12.4 Å². The van der Waals surface area contributed by atoms with Crippen molar-refractivity contribution in [3.63, 3.8) is 0 Å². The quantitative estimate of drug-likeness (QED) is 0.677. The second-order valence-electron chi connectivity index (χ2n) is 3.77. The summed E-state index contributed by atoms with van der Waals surface area (Å²) in [6, 6.07) is -0.188. The van der Waals surface area contributed by atoms with Gasteiger partial charge in [-0.05, 0) is 13.3 Å². The Bertz CT molecular complexity index is 359. The van der Waals surface area contributed by atoms with Crippen LogP contribution in [0.4, 0.5) is 5.69 Å². The molecule has 2 heterocycles. The molecule has 0 aromatic carbocycles. The Morgan fingerprint density at radius 1 is 1.64 bits per heavy atom. The van der Waals surface area contributed by atoms with Crippen molar-refractivity contribution in [3.8, 4) is 0 Å². The third-order valence-corrected chi connectivity index (χ3v) is 2.56. The van der Waals surface area contributed by atoms with E-state index in [1.165, 1.54) is 0 Å². The van der Waals surface area contributed by atoms with Gasteiger partial charge in [-0.1, -0.05) is 0 Å². The van der Waals surface area contributed by atoms with E-state index in [-0.39, 0.29) is 18.0 Å². The molecule has 2 atom stereocenters. The van der Waals surface area contributed by atoms with E-state index in [4.69, 9.17) is 5.73 Å². The van der Waals surface area contributed by atoms with Crippen LogP contribution in [0.3, 0.4) is 0 Å². The number of hydrogen-bond donors (Lipinski definition) is 1. The average Bonchev–Trinajstić information content (AvgIpc) is 2.60. The molecule has 1 amide bonds. The number of aromatic nitrogens is 2. The van der Waals surface area contributed by atoms with Crippen molar-refractivity contribution >= 4 is 11.6 Å². The molecule has 5 heteroatoms. The fraction of sp³-hybridized carbons (Fsp3) is 0.556. The largest absolute Gasteiger partial charge is 0.320 e. The van der Waals surface area contributed by atoms with E-state index in [9.17, 15) is 4.79 Å². The topological polar surface area (TPSA) is 64.2 Å². The molecule has 0 unspecified atom stereocenters. The predicted molar refractivity (Wildman–Crippen MR) is 52.7 cm³/mol. The molecular formula is C9H14N4O. The molecule has 2 rings (SSSR count). The lowest BCUT2D eigenvalue weighted by molar-refractivity contribution is -0.118. The van der Waals surface area contributed by atoms with Crippen molar-refractivity contribution in [2.75, 3.05) is 4.90 Å². The van der Waals surface area contributed by atoms with E-state index >= 15 is 0 Å². The van der Waals surface area contributed by atoms with E-state index in [2.05, 4.69) is 5.10 Å². The second kappa shape index (κ2) is 3.09. The minimum atomic E-state index is -0.356. The van der Waals surface area contributed by atoms with Gasteiger partial charge in [0.05, 0.1) is 17.9 Å². The van der Waals surface area contributed by atoms with Crippen LogP contribution in [0.5, 0.6) is 0 Å². The molecule has 0 spiro atoms. The van der Waals surface area contributed by atoms with Gasteiger partial charge in [0, 0.05) is 19.3 Å². The Kier molecular flexibility index (Phi) is 2.03. The number of carbonyl (C=O) groups excluding carboxylic acids is 1. The van der Waals surface area contributed by atoms with Gasteiger partial charge in [0.25, 0.3) is 0 Å². The van der Waals surface area contributed by atoms with Gasteiger partial charge in [-0.3, -0.25) is 9.48 Å². The molecule has 1 aromatic rings. The third-order valence-electron chi connectivity index (χ3n) is 2.56. The molecule has 0 aliphatic carbocycles. The zero-order valence-electron chi connectivity index (χ0n) is 8.34. The van der Waals surface area contributed by atoms with Crippen LogP contribution < -0.4 is 10.6 Å². The minimum Gasteiger partial charge on any atom is -0.320 e. The second-order valence-corrected chi connectivity index (χ2v) is 3.77. The summed E-state index contributed by atoms with van der Waals surface area (Å²) in [5, 5.41) is 4.04. The molecule has 1 aliphatic heterocycles. The molecule has 1 aliphatic rings. The van der Waals surface area contributed by atoms with Crippen LogP contribution >= 0.6 is 0 Å². The zero-order chi connectivity index (χ0) is 10.3. The van der Waals surface area contributed by atoms with Crippen molar-refractivity contribution < 1.29 is 4.79 Å². The molecule has 1 fully saturated rings. The van der Waals surface area contributed by atoms with Gasteiger partial charge in [0.2, 0.25) is 5.91 Å². The first-order valence-corrected chi connectivity index (χ1v) is 4.67. The summed E-state index contributed by atoms with van der Waals surface area (Å²) in [6.07, 6.45) is 4.23. The maximum atomic E-state index is 11.7. The minimum absolute atomic E-state index is 0.00880. The fourth-order valence-corrected chi connectivity index (χ4v) is 1.88. The predicted octanol–water partition coefficient (Wildman–Crippen LogP) is -0.127. The van der Waals surface area contributed by atoms with Crippen LogP contribution in [0.25, 0.3) is 0 Å². The Balaban J connectivity index is 2.30. The standard InChI is InChI=1S/C9H14N4O/c1-6-3-8(10)9(14)13(6)7-4-11-12(2)5-7/h4-6,8H,3,10H2,1-2H3/t6-,8-/m1/s1. The van der Waals surface area contributed by atoms with E-state index in [0.717, 1.165) is 5.69 Å². The molecule has 0 bridgehead atoms. The van der Waals surface area contributed by atoms with Crippen LogP contribution in [0, 0.1) is 0 Å². The molecule has 2 N–H and O–H groups in total. The first kappa shape index (κ1) is 9.21. The number of hydrogen-bond acceptors (Lipinski definition) is 3. The van der Waals surface area contributed by atoms with Crippen LogP contribution in [-0.2, 0) is 11.8 Å². The number of carbonyl (C=O) groups is 1. The monoisotopic (exact) mass is 194 g/mol. The summed E-state index contributed by atoms with van der Waals surface area (Å²) in [6.45, 7) is 2.00. The molecule has 5 nitrogen and oxygen atoms in total. The lowest BCUT2D eigenvalue weighted by Crippen LogP contribution is -2.35. The van der Waals surface area contributed by atoms with E-state index in [0.29, 0.717) is 6.42 Å². The van der Waals surface area contributed by atoms with Gasteiger partial charge in [-0.25, -0.2) is 0 Å². The number of nitrogens with zero attached hydrogens (tertiary/aromatic N) is 3. The van der Waals surface area contributed by atoms with E-state index in [1.54, 1.807) is 15.8 Å². The molecule has 14 heavy (non-hydrogen) atoms. The first-order chi connectivity index (χ1) is 6.59. The van der Waals surface area contributed by atoms with Crippen LogP contribution in [0.15, 0.2) is 12.4 Å². The van der Waals surface area contributed by atoms with Crippen molar-refractivity contribution in [1.82, 2.24) is 9.78 Å². The maximum Gasteiger partial charge on any atom is 0.244 e. The van der Waals surface area contributed by atoms with Crippen LogP contribution in [-0.4, -0.2) is 27.8 Å². The van der Waals surface area contributed by atoms with Crippen molar-refractivity contribution in [1.29, 1.82) is 0 Å². The van der Waals surface area contributed by atoms with Crippen LogP contribution in [0.2, 0.25) is 0 Å². The normalized spacial score (nSPS) is 27.4. The number of amides is 1. The summed E-state index contributed by atoms with van der Waals surface area (Å²) >= 11 is 0. The Morgan fingerprint density at radius 2 is 2.36 bits per heavy atom. The summed E-state index contributed by atoms with van der Waals surface area (Å²) in [7, 11) is 1.83. The lowest BCUT2D eigenvalue weighted by Gasteiger charge is -2.18. The highest BCUT2D eigenvalue weighted by Crippen LogP contribution is 2.24. The molecule has 0 radical (unpaired) electrons. The summed E-state index contributed by atoms with van der Waals surface area (Å²) in [5.74, 6) is -0.00880. The number of rotatable bonds is 1. The number of aryl methyl sites for hydroxylation is 1. The molecule has 1 saturated heterocycles. The van der Waals surface area contributed by atoms with Gasteiger partial charge in [0.15, 0.2) is 0 Å². The highest BCUT2D eigenvalue weighted by atomic mass is 16.2. The van der Waals surface area contributed by atoms with E-state index in [1.807, 2.05) is 20.2 Å². The van der Waals surface area contributed by atoms with Gasteiger partial charge in [0.1, 0.15) is 0 Å². The third kappa shape index (κ3) is 1.29. The molecule has 0 saturated carbocycles. The van der Waals surface area contributed by atoms with Gasteiger partial charge in [-0.15, -0.1) is 0 Å². The molecular weight excluding hydrogens is 180 g/mol. The smallest absolute Gasteiger partial charge is 0.244 e. The number of anilines is 1. The molecule has 76 valence electrons. The Labute approximate surface area is 82.5 Å². The average molecular weight is 194 g/mol. The van der Waals surface area contributed by atoms with Crippen molar-refractivity contribution in [2.24, 2.45) is 12.8 Å². The SMILES string of the molecule is C[C@@H]1C[C@@H](N)C(=O)N1c1cnn(C)c1. The Hall–Kier alpha value is -1.36. The number of nitrogens with two attached hydrogens (primary N) is 1. The van der Waals surface area contributed by atoms with Crippen molar-refractivity contribution in [2.45, 2.75) is 25.4 Å². The van der Waals surface area contributed by atoms with Gasteiger partial charge >= 0.3 is 0 Å².